The summed E-state index contributed by atoms with van der Waals surface area (Å²) in [6, 6.07) is 14.1. The highest BCUT2D eigenvalue weighted by Gasteiger charge is 2.17. The lowest BCUT2D eigenvalue weighted by atomic mass is 9.98. The van der Waals surface area contributed by atoms with E-state index in [9.17, 15) is 9.59 Å². The smallest absolute Gasteiger partial charge is 0.341 e. The molecule has 130 valence electrons. The number of carbonyl (C=O) groups excluding carboxylic acids is 1. The molecule has 0 bridgehead atoms. The quantitative estimate of drug-likeness (QED) is 0.844. The number of amides is 1. The Morgan fingerprint density at radius 2 is 1.84 bits per heavy atom. The fraction of sp³-hybridized carbons (Fsp3) is 0.263. The molecule has 0 spiro atoms. The van der Waals surface area contributed by atoms with E-state index in [1.54, 1.807) is 24.3 Å². The highest BCUT2D eigenvalue weighted by atomic mass is 16.5. The van der Waals surface area contributed by atoms with Crippen LogP contribution in [0.25, 0.3) is 0 Å². The molecule has 1 aliphatic rings. The van der Waals surface area contributed by atoms with E-state index in [1.807, 2.05) is 24.3 Å². The number of hydrogen-bond donors (Lipinski definition) is 2. The van der Waals surface area contributed by atoms with Crippen molar-refractivity contribution in [2.24, 2.45) is 0 Å². The summed E-state index contributed by atoms with van der Waals surface area (Å²) in [6.07, 6.45) is 1.03. The van der Waals surface area contributed by atoms with Crippen LogP contribution in [0.3, 0.4) is 0 Å². The molecule has 1 saturated heterocycles. The lowest BCUT2D eigenvalue weighted by Gasteiger charge is -2.10. The fourth-order valence-corrected chi connectivity index (χ4v) is 2.69. The molecule has 0 saturated carbocycles. The molecule has 3 rings (SSSR count). The van der Waals surface area contributed by atoms with E-state index < -0.39 is 12.6 Å². The van der Waals surface area contributed by atoms with Crippen LogP contribution in [-0.2, 0) is 9.53 Å². The molecule has 0 aliphatic carbocycles. The maximum Gasteiger partial charge on any atom is 0.341 e. The van der Waals surface area contributed by atoms with E-state index in [2.05, 4.69) is 5.32 Å². The Kier molecular flexibility index (Phi) is 5.30. The third kappa shape index (κ3) is 4.58. The molecule has 1 fully saturated rings. The summed E-state index contributed by atoms with van der Waals surface area (Å²) in [7, 11) is 0. The predicted octanol–water partition coefficient (Wildman–Crippen LogP) is 2.91. The number of benzene rings is 2. The molecule has 6 nitrogen and oxygen atoms in total. The van der Waals surface area contributed by atoms with Crippen LogP contribution >= 0.6 is 0 Å². The maximum atomic E-state index is 12.3. The van der Waals surface area contributed by atoms with Gasteiger partial charge in [0.25, 0.3) is 5.91 Å². The highest BCUT2D eigenvalue weighted by molar-refractivity contribution is 6.04. The number of hydrogen-bond acceptors (Lipinski definition) is 4. The van der Waals surface area contributed by atoms with Gasteiger partial charge >= 0.3 is 5.97 Å². The molecule has 0 radical (unpaired) electrons. The van der Waals surface area contributed by atoms with Gasteiger partial charge in [0, 0.05) is 23.8 Å². The van der Waals surface area contributed by atoms with Gasteiger partial charge in [-0.2, -0.15) is 0 Å². The normalized spacial score (nSPS) is 16.4. The monoisotopic (exact) mass is 341 g/mol. The van der Waals surface area contributed by atoms with Gasteiger partial charge in [-0.25, -0.2) is 4.79 Å². The molecule has 0 aromatic heterocycles. The maximum absolute atomic E-state index is 12.3. The lowest BCUT2D eigenvalue weighted by molar-refractivity contribution is -0.139. The van der Waals surface area contributed by atoms with Crippen molar-refractivity contribution < 1.29 is 24.2 Å². The SMILES string of the molecule is O=C(O)COc1ccc(C(=O)Nc2ccc(C3CCOC3)cc2)cc1. The molecular weight excluding hydrogens is 322 g/mol. The zero-order valence-electron chi connectivity index (χ0n) is 13.6. The predicted molar refractivity (Wildman–Crippen MR) is 92.1 cm³/mol. The second-order valence-electron chi connectivity index (χ2n) is 5.84. The summed E-state index contributed by atoms with van der Waals surface area (Å²) in [5.41, 5.74) is 2.41. The van der Waals surface area contributed by atoms with Crippen LogP contribution in [0.5, 0.6) is 5.75 Å². The van der Waals surface area contributed by atoms with Gasteiger partial charge in [0.2, 0.25) is 0 Å². The van der Waals surface area contributed by atoms with Gasteiger partial charge in [-0.15, -0.1) is 0 Å². The van der Waals surface area contributed by atoms with Crippen molar-refractivity contribution >= 4 is 17.6 Å². The molecule has 1 heterocycles. The largest absolute Gasteiger partial charge is 0.482 e. The minimum atomic E-state index is -1.05. The topological polar surface area (TPSA) is 84.9 Å². The number of anilines is 1. The van der Waals surface area contributed by atoms with Crippen molar-refractivity contribution in [2.45, 2.75) is 12.3 Å². The summed E-state index contributed by atoms with van der Waals surface area (Å²) < 4.78 is 10.4. The fourth-order valence-electron chi connectivity index (χ4n) is 2.69. The zero-order valence-corrected chi connectivity index (χ0v) is 13.6. The average Bonchev–Trinajstić information content (AvgIpc) is 3.15. The molecule has 2 N–H and O–H groups in total. The average molecular weight is 341 g/mol. The molecule has 1 aliphatic heterocycles. The minimum Gasteiger partial charge on any atom is -0.482 e. The van der Waals surface area contributed by atoms with Gasteiger partial charge < -0.3 is 19.9 Å². The van der Waals surface area contributed by atoms with Crippen LogP contribution < -0.4 is 10.1 Å². The van der Waals surface area contributed by atoms with Gasteiger partial charge in [0.15, 0.2) is 6.61 Å². The van der Waals surface area contributed by atoms with Crippen LogP contribution in [0.2, 0.25) is 0 Å². The zero-order chi connectivity index (χ0) is 17.6. The second kappa shape index (κ2) is 7.81. The van der Waals surface area contributed by atoms with E-state index in [4.69, 9.17) is 14.6 Å². The standard InChI is InChI=1S/C19H19NO5/c21-18(22)12-25-17-7-3-14(4-8-17)19(23)20-16-5-1-13(2-6-16)15-9-10-24-11-15/h1-8,15H,9-12H2,(H,20,23)(H,21,22). The Labute approximate surface area is 145 Å². The summed E-state index contributed by atoms with van der Waals surface area (Å²) in [5.74, 6) is -0.443. The second-order valence-corrected chi connectivity index (χ2v) is 5.84. The van der Waals surface area contributed by atoms with Crippen molar-refractivity contribution in [1.82, 2.24) is 0 Å². The Morgan fingerprint density at radius 3 is 2.44 bits per heavy atom. The van der Waals surface area contributed by atoms with E-state index in [-0.39, 0.29) is 5.91 Å². The van der Waals surface area contributed by atoms with Crippen molar-refractivity contribution in [3.8, 4) is 5.75 Å². The number of carbonyl (C=O) groups is 2. The first-order valence-electron chi connectivity index (χ1n) is 8.05. The van der Waals surface area contributed by atoms with Crippen molar-refractivity contribution in [3.05, 3.63) is 59.7 Å². The first-order chi connectivity index (χ1) is 12.1. The Morgan fingerprint density at radius 1 is 1.12 bits per heavy atom. The summed E-state index contributed by atoms with van der Waals surface area (Å²) in [4.78, 5) is 22.7. The van der Waals surface area contributed by atoms with Gasteiger partial charge in [0.1, 0.15) is 5.75 Å². The third-order valence-electron chi connectivity index (χ3n) is 4.05. The first kappa shape index (κ1) is 17.0. The van der Waals surface area contributed by atoms with Crippen LogP contribution in [0, 0.1) is 0 Å². The van der Waals surface area contributed by atoms with Crippen molar-refractivity contribution in [1.29, 1.82) is 0 Å². The highest BCUT2D eigenvalue weighted by Crippen LogP contribution is 2.26. The van der Waals surface area contributed by atoms with Gasteiger partial charge in [-0.05, 0) is 48.4 Å². The van der Waals surface area contributed by atoms with Crippen LogP contribution in [0.15, 0.2) is 48.5 Å². The molecule has 1 atom stereocenters. The van der Waals surface area contributed by atoms with E-state index in [0.717, 1.165) is 25.3 Å². The molecule has 25 heavy (non-hydrogen) atoms. The molecule has 1 amide bonds. The summed E-state index contributed by atoms with van der Waals surface area (Å²) >= 11 is 0. The lowest BCUT2D eigenvalue weighted by Crippen LogP contribution is -2.12. The Balaban J connectivity index is 1.58. The number of rotatable bonds is 6. The van der Waals surface area contributed by atoms with E-state index in [1.165, 1.54) is 5.56 Å². The summed E-state index contributed by atoms with van der Waals surface area (Å²) in [5, 5.41) is 11.4. The Bertz CT molecular complexity index is 733. The number of aliphatic carboxylic acids is 1. The molecule has 2 aromatic rings. The van der Waals surface area contributed by atoms with Crippen LogP contribution in [-0.4, -0.2) is 36.8 Å². The van der Waals surface area contributed by atoms with Crippen LogP contribution in [0.1, 0.15) is 28.3 Å². The summed E-state index contributed by atoms with van der Waals surface area (Å²) in [6.45, 7) is 1.14. The molecular formula is C19H19NO5. The van der Waals surface area contributed by atoms with Gasteiger partial charge in [-0.1, -0.05) is 12.1 Å². The van der Waals surface area contributed by atoms with Crippen LogP contribution in [0.4, 0.5) is 5.69 Å². The number of ether oxygens (including phenoxy) is 2. The molecule has 6 heteroatoms. The van der Waals surface area contributed by atoms with Gasteiger partial charge in [0.05, 0.1) is 6.61 Å². The van der Waals surface area contributed by atoms with Crippen molar-refractivity contribution in [3.63, 3.8) is 0 Å². The Hall–Kier alpha value is -2.86. The van der Waals surface area contributed by atoms with Gasteiger partial charge in [-0.3, -0.25) is 4.79 Å². The molecule has 2 aromatic carbocycles. The number of carboxylic acids is 1. The van der Waals surface area contributed by atoms with E-state index in [0.29, 0.717) is 17.2 Å². The minimum absolute atomic E-state index is 0.235. The molecule has 1 unspecified atom stereocenters. The first-order valence-corrected chi connectivity index (χ1v) is 8.05. The number of carboxylic acid groups (broad SMARTS) is 1. The van der Waals surface area contributed by atoms with Crippen molar-refractivity contribution in [2.75, 3.05) is 25.1 Å². The van der Waals surface area contributed by atoms with E-state index >= 15 is 0 Å². The number of nitrogens with one attached hydrogen (secondary N) is 1. The third-order valence-corrected chi connectivity index (χ3v) is 4.05.